The van der Waals surface area contributed by atoms with Crippen LogP contribution in [0.1, 0.15) is 31.2 Å². The maximum atomic E-state index is 6.12. The highest BCUT2D eigenvalue weighted by atomic mass is 35.5. The van der Waals surface area contributed by atoms with Crippen LogP contribution in [0.5, 0.6) is 0 Å². The normalized spacial score (nSPS) is 14.7. The molecule has 0 atom stereocenters. The molecule has 0 aliphatic heterocycles. The minimum atomic E-state index is 0.471. The number of hydrogen-bond acceptors (Lipinski definition) is 4. The van der Waals surface area contributed by atoms with Crippen molar-refractivity contribution in [3.63, 3.8) is 0 Å². The van der Waals surface area contributed by atoms with Gasteiger partial charge >= 0.3 is 0 Å². The number of fused-ring (bicyclic) bond motifs is 1. The molecule has 6 heteroatoms. The predicted octanol–water partition coefficient (Wildman–Crippen LogP) is 5.90. The van der Waals surface area contributed by atoms with E-state index in [2.05, 4.69) is 15.6 Å². The van der Waals surface area contributed by atoms with Gasteiger partial charge in [-0.15, -0.1) is 0 Å². The van der Waals surface area contributed by atoms with Crippen molar-refractivity contribution in [1.82, 2.24) is 9.97 Å². The van der Waals surface area contributed by atoms with Gasteiger partial charge in [0, 0.05) is 18.0 Å². The van der Waals surface area contributed by atoms with Crippen molar-refractivity contribution in [3.05, 3.63) is 58.1 Å². The van der Waals surface area contributed by atoms with Crippen LogP contribution in [0, 0.1) is 0 Å². The number of aromatic nitrogens is 2. The maximum absolute atomic E-state index is 6.12. The minimum absolute atomic E-state index is 0.471. The fraction of sp³-hybridized carbons (Fsp3) is 0.300. The molecule has 0 bridgehead atoms. The summed E-state index contributed by atoms with van der Waals surface area (Å²) in [7, 11) is 0. The zero-order chi connectivity index (χ0) is 17.9. The molecule has 0 amide bonds. The molecule has 0 unspecified atom stereocenters. The molecule has 1 saturated carbocycles. The lowest BCUT2D eigenvalue weighted by atomic mass is 10.2. The SMILES string of the molecule is Clc1ccc(CNc2nc(NC3CCCC3)nc3ccccc23)cc1Cl. The topological polar surface area (TPSA) is 49.8 Å². The van der Waals surface area contributed by atoms with Gasteiger partial charge in [-0.05, 0) is 42.7 Å². The lowest BCUT2D eigenvalue weighted by Gasteiger charge is -2.15. The Balaban J connectivity index is 1.60. The van der Waals surface area contributed by atoms with Crippen LogP contribution in [0.15, 0.2) is 42.5 Å². The van der Waals surface area contributed by atoms with Crippen LogP contribution >= 0.6 is 23.2 Å². The third kappa shape index (κ3) is 3.87. The van der Waals surface area contributed by atoms with Gasteiger partial charge in [-0.3, -0.25) is 0 Å². The van der Waals surface area contributed by atoms with Crippen molar-refractivity contribution < 1.29 is 0 Å². The number of halogens is 2. The summed E-state index contributed by atoms with van der Waals surface area (Å²) in [4.78, 5) is 9.41. The number of nitrogens with one attached hydrogen (secondary N) is 2. The quantitative estimate of drug-likeness (QED) is 0.572. The van der Waals surface area contributed by atoms with Crippen molar-refractivity contribution >= 4 is 45.9 Å². The Morgan fingerprint density at radius 1 is 0.962 bits per heavy atom. The van der Waals surface area contributed by atoms with Crippen molar-refractivity contribution in [2.45, 2.75) is 38.3 Å². The number of para-hydroxylation sites is 1. The van der Waals surface area contributed by atoms with Crippen LogP contribution in [0.25, 0.3) is 10.9 Å². The molecule has 2 aromatic carbocycles. The molecule has 1 heterocycles. The molecule has 0 spiro atoms. The van der Waals surface area contributed by atoms with E-state index in [1.807, 2.05) is 42.5 Å². The second-order valence-corrected chi connectivity index (χ2v) is 7.46. The molecule has 134 valence electrons. The molecule has 2 N–H and O–H groups in total. The Morgan fingerprint density at radius 3 is 2.58 bits per heavy atom. The van der Waals surface area contributed by atoms with Crippen LogP contribution in [0.4, 0.5) is 11.8 Å². The largest absolute Gasteiger partial charge is 0.365 e. The van der Waals surface area contributed by atoms with E-state index in [4.69, 9.17) is 28.2 Å². The zero-order valence-corrected chi connectivity index (χ0v) is 15.8. The highest BCUT2D eigenvalue weighted by Gasteiger charge is 2.16. The summed E-state index contributed by atoms with van der Waals surface area (Å²) in [6.45, 7) is 0.612. The van der Waals surface area contributed by atoms with E-state index in [-0.39, 0.29) is 0 Å². The third-order valence-corrected chi connectivity index (χ3v) is 5.47. The van der Waals surface area contributed by atoms with Crippen molar-refractivity contribution in [2.24, 2.45) is 0 Å². The molecule has 1 aromatic heterocycles. The molecule has 4 nitrogen and oxygen atoms in total. The average Bonchev–Trinajstić information content (AvgIpc) is 3.15. The molecule has 0 radical (unpaired) electrons. The molecule has 1 aliphatic carbocycles. The number of benzene rings is 2. The first-order valence-electron chi connectivity index (χ1n) is 8.90. The number of hydrogen-bond donors (Lipinski definition) is 2. The van der Waals surface area contributed by atoms with Gasteiger partial charge in [-0.25, -0.2) is 4.98 Å². The Morgan fingerprint density at radius 2 is 1.77 bits per heavy atom. The Kier molecular flexibility index (Phi) is 5.14. The van der Waals surface area contributed by atoms with E-state index in [9.17, 15) is 0 Å². The van der Waals surface area contributed by atoms with Crippen LogP contribution in [-0.2, 0) is 6.54 Å². The smallest absolute Gasteiger partial charge is 0.225 e. The van der Waals surface area contributed by atoms with E-state index in [0.717, 1.165) is 22.3 Å². The third-order valence-electron chi connectivity index (χ3n) is 4.74. The van der Waals surface area contributed by atoms with Gasteiger partial charge in [0.1, 0.15) is 5.82 Å². The summed E-state index contributed by atoms with van der Waals surface area (Å²) < 4.78 is 0. The van der Waals surface area contributed by atoms with Gasteiger partial charge in [0.15, 0.2) is 0 Å². The monoisotopic (exact) mass is 386 g/mol. The first-order valence-corrected chi connectivity index (χ1v) is 9.66. The number of anilines is 2. The van der Waals surface area contributed by atoms with E-state index in [1.54, 1.807) is 0 Å². The van der Waals surface area contributed by atoms with Crippen LogP contribution < -0.4 is 10.6 Å². The second-order valence-electron chi connectivity index (χ2n) is 6.64. The molecule has 0 saturated heterocycles. The summed E-state index contributed by atoms with van der Waals surface area (Å²) in [5, 5.41) is 9.03. The Hall–Kier alpha value is -2.04. The van der Waals surface area contributed by atoms with Gasteiger partial charge in [0.2, 0.25) is 5.95 Å². The molecular weight excluding hydrogens is 367 g/mol. The van der Waals surface area contributed by atoms with Gasteiger partial charge in [-0.2, -0.15) is 4.98 Å². The van der Waals surface area contributed by atoms with Gasteiger partial charge < -0.3 is 10.6 Å². The van der Waals surface area contributed by atoms with E-state index >= 15 is 0 Å². The molecule has 1 fully saturated rings. The number of rotatable bonds is 5. The predicted molar refractivity (Wildman–Crippen MR) is 109 cm³/mol. The number of nitrogens with zero attached hydrogens (tertiary/aromatic N) is 2. The van der Waals surface area contributed by atoms with Crippen LogP contribution in [0.3, 0.4) is 0 Å². The van der Waals surface area contributed by atoms with Crippen molar-refractivity contribution in [3.8, 4) is 0 Å². The molecule has 1 aliphatic rings. The van der Waals surface area contributed by atoms with Gasteiger partial charge in [-0.1, -0.05) is 54.2 Å². The van der Waals surface area contributed by atoms with Crippen LogP contribution in [0.2, 0.25) is 10.0 Å². The fourth-order valence-corrected chi connectivity index (χ4v) is 3.68. The minimum Gasteiger partial charge on any atom is -0.365 e. The van der Waals surface area contributed by atoms with Gasteiger partial charge in [0.25, 0.3) is 0 Å². The van der Waals surface area contributed by atoms with Crippen molar-refractivity contribution in [1.29, 1.82) is 0 Å². The molecule has 4 rings (SSSR count). The summed E-state index contributed by atoms with van der Waals surface area (Å²) in [5.41, 5.74) is 1.98. The summed E-state index contributed by atoms with van der Waals surface area (Å²) in [6.07, 6.45) is 4.91. The second kappa shape index (κ2) is 7.68. The maximum Gasteiger partial charge on any atom is 0.225 e. The van der Waals surface area contributed by atoms with Crippen molar-refractivity contribution in [2.75, 3.05) is 10.6 Å². The standard InChI is InChI=1S/C20H20Cl2N4/c21-16-10-9-13(11-17(16)22)12-23-19-15-7-3-4-8-18(15)25-20(26-19)24-14-5-1-2-6-14/h3-4,7-11,14H,1-2,5-6,12H2,(H2,23,24,25,26). The van der Waals surface area contributed by atoms with E-state index in [0.29, 0.717) is 28.6 Å². The first kappa shape index (κ1) is 17.4. The average molecular weight is 387 g/mol. The first-order chi connectivity index (χ1) is 12.7. The lowest BCUT2D eigenvalue weighted by molar-refractivity contribution is 0.745. The molecule has 3 aromatic rings. The highest BCUT2D eigenvalue weighted by Crippen LogP contribution is 2.27. The fourth-order valence-electron chi connectivity index (χ4n) is 3.36. The highest BCUT2D eigenvalue weighted by molar-refractivity contribution is 6.42. The van der Waals surface area contributed by atoms with E-state index < -0.39 is 0 Å². The van der Waals surface area contributed by atoms with Crippen LogP contribution in [-0.4, -0.2) is 16.0 Å². The Bertz CT molecular complexity index is 923. The molecular formula is C20H20Cl2N4. The summed E-state index contributed by atoms with van der Waals surface area (Å²) in [6, 6.07) is 14.2. The Labute approximate surface area is 162 Å². The molecule has 26 heavy (non-hydrogen) atoms. The summed E-state index contributed by atoms with van der Waals surface area (Å²) in [5.74, 6) is 1.51. The van der Waals surface area contributed by atoms with Gasteiger partial charge in [0.05, 0.1) is 15.6 Å². The lowest BCUT2D eigenvalue weighted by Crippen LogP contribution is -2.17. The zero-order valence-electron chi connectivity index (χ0n) is 14.3. The summed E-state index contributed by atoms with van der Waals surface area (Å²) >= 11 is 12.1. The van der Waals surface area contributed by atoms with E-state index in [1.165, 1.54) is 25.7 Å².